The first kappa shape index (κ1) is 8.53. The molecule has 0 radical (unpaired) electrons. The topological polar surface area (TPSA) is 25.2 Å². The molecule has 0 aromatic carbocycles. The quantitative estimate of drug-likeness (QED) is 0.795. The standard InChI is InChI=1S/C10H11NOS/c12-10(9-3-6-13-8-9)7-11-4-1-2-5-11/h1-6,8,10,12H,7H2. The van der Waals surface area contributed by atoms with Crippen molar-refractivity contribution in [3.63, 3.8) is 0 Å². The highest BCUT2D eigenvalue weighted by Crippen LogP contribution is 2.17. The van der Waals surface area contributed by atoms with Crippen LogP contribution in [0.2, 0.25) is 0 Å². The van der Waals surface area contributed by atoms with Crippen LogP contribution in [0.15, 0.2) is 41.4 Å². The Kier molecular flexibility index (Phi) is 2.47. The SMILES string of the molecule is OC(Cn1cccc1)c1ccsc1. The van der Waals surface area contributed by atoms with Crippen LogP contribution in [-0.4, -0.2) is 9.67 Å². The maximum absolute atomic E-state index is 9.77. The lowest BCUT2D eigenvalue weighted by Crippen LogP contribution is -2.05. The van der Waals surface area contributed by atoms with Crippen molar-refractivity contribution in [1.82, 2.24) is 4.57 Å². The molecule has 0 spiro atoms. The summed E-state index contributed by atoms with van der Waals surface area (Å²) < 4.78 is 1.97. The normalized spacial score (nSPS) is 13.0. The average molecular weight is 193 g/mol. The Morgan fingerprint density at radius 3 is 2.77 bits per heavy atom. The molecule has 0 aliphatic carbocycles. The first-order valence-corrected chi connectivity index (χ1v) is 5.11. The van der Waals surface area contributed by atoms with E-state index in [9.17, 15) is 5.11 Å². The van der Waals surface area contributed by atoms with Gasteiger partial charge >= 0.3 is 0 Å². The molecule has 2 aromatic rings. The van der Waals surface area contributed by atoms with E-state index in [4.69, 9.17) is 0 Å². The number of rotatable bonds is 3. The first-order valence-electron chi connectivity index (χ1n) is 4.17. The highest BCUT2D eigenvalue weighted by atomic mass is 32.1. The van der Waals surface area contributed by atoms with Crippen LogP contribution in [0, 0.1) is 0 Å². The molecule has 2 aromatic heterocycles. The minimum Gasteiger partial charge on any atom is -0.387 e. The van der Waals surface area contributed by atoms with Crippen LogP contribution < -0.4 is 0 Å². The van der Waals surface area contributed by atoms with Crippen LogP contribution in [0.3, 0.4) is 0 Å². The van der Waals surface area contributed by atoms with E-state index in [1.165, 1.54) is 0 Å². The Morgan fingerprint density at radius 1 is 1.38 bits per heavy atom. The number of aromatic nitrogens is 1. The van der Waals surface area contributed by atoms with Gasteiger partial charge in [-0.3, -0.25) is 0 Å². The van der Waals surface area contributed by atoms with Crippen molar-refractivity contribution < 1.29 is 5.11 Å². The van der Waals surface area contributed by atoms with Crippen LogP contribution in [0.1, 0.15) is 11.7 Å². The number of hydrogen-bond acceptors (Lipinski definition) is 2. The third kappa shape index (κ3) is 1.99. The summed E-state index contributed by atoms with van der Waals surface area (Å²) in [5.74, 6) is 0. The maximum atomic E-state index is 9.77. The van der Waals surface area contributed by atoms with Crippen molar-refractivity contribution in [1.29, 1.82) is 0 Å². The Hall–Kier alpha value is -1.06. The molecular formula is C10H11NOS. The number of nitrogens with zero attached hydrogens (tertiary/aromatic N) is 1. The fourth-order valence-corrected chi connectivity index (χ4v) is 1.97. The van der Waals surface area contributed by atoms with E-state index in [1.54, 1.807) is 11.3 Å². The number of hydrogen-bond donors (Lipinski definition) is 1. The van der Waals surface area contributed by atoms with Gasteiger partial charge < -0.3 is 9.67 Å². The van der Waals surface area contributed by atoms with Gasteiger partial charge in [0.2, 0.25) is 0 Å². The largest absolute Gasteiger partial charge is 0.387 e. The summed E-state index contributed by atoms with van der Waals surface area (Å²) in [4.78, 5) is 0. The van der Waals surface area contributed by atoms with Gasteiger partial charge in [0.05, 0.1) is 12.6 Å². The molecular weight excluding hydrogens is 182 g/mol. The summed E-state index contributed by atoms with van der Waals surface area (Å²) in [5.41, 5.74) is 0.999. The zero-order chi connectivity index (χ0) is 9.10. The fraction of sp³-hybridized carbons (Fsp3) is 0.200. The van der Waals surface area contributed by atoms with Gasteiger partial charge in [-0.15, -0.1) is 0 Å². The Bertz CT molecular complexity index is 339. The molecule has 2 heterocycles. The van der Waals surface area contributed by atoms with E-state index in [2.05, 4.69) is 0 Å². The molecule has 0 bridgehead atoms. The van der Waals surface area contributed by atoms with Crippen LogP contribution in [0.25, 0.3) is 0 Å². The van der Waals surface area contributed by atoms with Crippen molar-refractivity contribution in [2.45, 2.75) is 12.6 Å². The monoisotopic (exact) mass is 193 g/mol. The van der Waals surface area contributed by atoms with Crippen LogP contribution in [0.5, 0.6) is 0 Å². The van der Waals surface area contributed by atoms with Gasteiger partial charge in [0.15, 0.2) is 0 Å². The smallest absolute Gasteiger partial charge is 0.0976 e. The highest BCUT2D eigenvalue weighted by molar-refractivity contribution is 7.07. The lowest BCUT2D eigenvalue weighted by molar-refractivity contribution is 0.157. The molecule has 0 aliphatic heterocycles. The van der Waals surface area contributed by atoms with Gasteiger partial charge in [-0.25, -0.2) is 0 Å². The molecule has 0 saturated carbocycles. The van der Waals surface area contributed by atoms with Crippen molar-refractivity contribution in [3.8, 4) is 0 Å². The van der Waals surface area contributed by atoms with Gasteiger partial charge in [-0.1, -0.05) is 0 Å². The molecule has 0 amide bonds. The summed E-state index contributed by atoms with van der Waals surface area (Å²) in [6.07, 6.45) is 3.52. The zero-order valence-electron chi connectivity index (χ0n) is 7.13. The molecule has 0 saturated heterocycles. The minimum atomic E-state index is -0.390. The van der Waals surface area contributed by atoms with Crippen molar-refractivity contribution in [2.24, 2.45) is 0 Å². The van der Waals surface area contributed by atoms with Crippen molar-refractivity contribution >= 4 is 11.3 Å². The summed E-state index contributed by atoms with van der Waals surface area (Å²) in [6.45, 7) is 0.629. The van der Waals surface area contributed by atoms with Gasteiger partial charge in [0.1, 0.15) is 0 Å². The third-order valence-electron chi connectivity index (χ3n) is 1.98. The predicted octanol–water partition coefficient (Wildman–Crippen LogP) is 2.28. The second kappa shape index (κ2) is 3.77. The molecule has 0 fully saturated rings. The Balaban J connectivity index is 2.04. The van der Waals surface area contributed by atoms with E-state index in [1.807, 2.05) is 45.9 Å². The molecule has 68 valence electrons. The Labute approximate surface area is 81.1 Å². The highest BCUT2D eigenvalue weighted by Gasteiger charge is 2.07. The third-order valence-corrected chi connectivity index (χ3v) is 2.68. The van der Waals surface area contributed by atoms with Crippen LogP contribution in [0.4, 0.5) is 0 Å². The predicted molar refractivity (Wildman–Crippen MR) is 53.7 cm³/mol. The zero-order valence-corrected chi connectivity index (χ0v) is 7.95. The van der Waals surface area contributed by atoms with E-state index >= 15 is 0 Å². The van der Waals surface area contributed by atoms with Crippen molar-refractivity contribution in [3.05, 3.63) is 46.9 Å². The van der Waals surface area contributed by atoms with Gasteiger partial charge in [0.25, 0.3) is 0 Å². The summed E-state index contributed by atoms with van der Waals surface area (Å²) in [5, 5.41) is 13.7. The van der Waals surface area contributed by atoms with E-state index in [0.29, 0.717) is 6.54 Å². The van der Waals surface area contributed by atoms with Gasteiger partial charge in [-0.2, -0.15) is 11.3 Å². The van der Waals surface area contributed by atoms with Crippen LogP contribution >= 0.6 is 11.3 Å². The number of thiophene rings is 1. The molecule has 2 rings (SSSR count). The Morgan fingerprint density at radius 2 is 2.15 bits per heavy atom. The molecule has 13 heavy (non-hydrogen) atoms. The molecule has 0 aliphatic rings. The first-order chi connectivity index (χ1) is 6.36. The second-order valence-corrected chi connectivity index (χ2v) is 3.73. The van der Waals surface area contributed by atoms with Gasteiger partial charge in [0, 0.05) is 12.4 Å². The van der Waals surface area contributed by atoms with E-state index in [0.717, 1.165) is 5.56 Å². The van der Waals surface area contributed by atoms with Gasteiger partial charge in [-0.05, 0) is 34.5 Å². The minimum absolute atomic E-state index is 0.390. The molecule has 1 atom stereocenters. The second-order valence-electron chi connectivity index (χ2n) is 2.95. The number of aliphatic hydroxyl groups excluding tert-OH is 1. The summed E-state index contributed by atoms with van der Waals surface area (Å²) in [6, 6.07) is 5.87. The molecule has 2 nitrogen and oxygen atoms in total. The maximum Gasteiger partial charge on any atom is 0.0976 e. The van der Waals surface area contributed by atoms with Crippen LogP contribution in [-0.2, 0) is 6.54 Å². The lowest BCUT2D eigenvalue weighted by Gasteiger charge is -2.09. The summed E-state index contributed by atoms with van der Waals surface area (Å²) >= 11 is 1.61. The molecule has 3 heteroatoms. The fourth-order valence-electron chi connectivity index (χ4n) is 1.26. The molecule has 1 unspecified atom stereocenters. The average Bonchev–Trinajstić information content (AvgIpc) is 2.74. The number of aliphatic hydroxyl groups is 1. The molecule has 1 N–H and O–H groups in total. The van der Waals surface area contributed by atoms with Crippen molar-refractivity contribution in [2.75, 3.05) is 0 Å². The van der Waals surface area contributed by atoms with E-state index in [-0.39, 0.29) is 0 Å². The lowest BCUT2D eigenvalue weighted by atomic mass is 10.2. The van der Waals surface area contributed by atoms with E-state index < -0.39 is 6.10 Å². The summed E-state index contributed by atoms with van der Waals surface area (Å²) in [7, 11) is 0.